The third-order valence-corrected chi connectivity index (χ3v) is 4.86. The summed E-state index contributed by atoms with van der Waals surface area (Å²) in [7, 11) is 0. The van der Waals surface area contributed by atoms with Crippen LogP contribution in [0.5, 0.6) is 0 Å². The summed E-state index contributed by atoms with van der Waals surface area (Å²) in [6.07, 6.45) is 0.676. The van der Waals surface area contributed by atoms with Crippen molar-refractivity contribution in [1.82, 2.24) is 4.90 Å². The molecule has 0 aliphatic heterocycles. The quantitative estimate of drug-likeness (QED) is 0.589. The van der Waals surface area contributed by atoms with Gasteiger partial charge in [0, 0.05) is 18.3 Å². The molecule has 0 aliphatic carbocycles. The average Bonchev–Trinajstić information content (AvgIpc) is 2.98. The Balaban J connectivity index is 2.13. The summed E-state index contributed by atoms with van der Waals surface area (Å²) in [6, 6.07) is 8.67. The van der Waals surface area contributed by atoms with E-state index in [0.717, 1.165) is 16.9 Å². The number of amides is 2. The first-order valence-corrected chi connectivity index (χ1v) is 9.04. The molecule has 0 atom stereocenters. The van der Waals surface area contributed by atoms with E-state index in [1.807, 2.05) is 32.0 Å². The van der Waals surface area contributed by atoms with Crippen LogP contribution in [-0.2, 0) is 4.79 Å². The van der Waals surface area contributed by atoms with E-state index >= 15 is 0 Å². The van der Waals surface area contributed by atoms with E-state index in [1.54, 1.807) is 13.0 Å². The van der Waals surface area contributed by atoms with Gasteiger partial charge in [-0.2, -0.15) is 0 Å². The van der Waals surface area contributed by atoms with Gasteiger partial charge in [0.05, 0.1) is 14.7 Å². The van der Waals surface area contributed by atoms with E-state index in [2.05, 4.69) is 5.32 Å². The standard InChI is InChI=1S/C18H21N3O4S/c1-4-9-20(11-17(22)19-14-8-6-5-7-12(14)2)18(23)16-10-15(21(24)25)13(3)26-16/h5-8,10H,4,9,11H2,1-3H3,(H,19,22). The van der Waals surface area contributed by atoms with Crippen molar-refractivity contribution in [1.29, 1.82) is 0 Å². The Labute approximate surface area is 155 Å². The second-order valence-corrected chi connectivity index (χ2v) is 7.16. The van der Waals surface area contributed by atoms with Crippen LogP contribution >= 0.6 is 11.3 Å². The van der Waals surface area contributed by atoms with Crippen LogP contribution in [0.3, 0.4) is 0 Å². The van der Waals surface area contributed by atoms with Crippen molar-refractivity contribution < 1.29 is 14.5 Å². The predicted octanol–water partition coefficient (Wildman–Crippen LogP) is 3.76. The molecule has 0 spiro atoms. The first-order valence-electron chi connectivity index (χ1n) is 8.23. The molecule has 7 nitrogen and oxygen atoms in total. The lowest BCUT2D eigenvalue weighted by molar-refractivity contribution is -0.385. The van der Waals surface area contributed by atoms with Crippen LogP contribution in [0.4, 0.5) is 11.4 Å². The van der Waals surface area contributed by atoms with Gasteiger partial charge in [0.1, 0.15) is 6.54 Å². The number of nitro groups is 1. The van der Waals surface area contributed by atoms with Gasteiger partial charge in [-0.05, 0) is 31.9 Å². The van der Waals surface area contributed by atoms with Crippen molar-refractivity contribution in [2.24, 2.45) is 0 Å². The summed E-state index contributed by atoms with van der Waals surface area (Å²) in [5.74, 6) is -0.670. The smallest absolute Gasteiger partial charge is 0.283 e. The summed E-state index contributed by atoms with van der Waals surface area (Å²) in [5.41, 5.74) is 1.56. The zero-order chi connectivity index (χ0) is 19.3. The maximum atomic E-state index is 12.7. The Hall–Kier alpha value is -2.74. The molecule has 138 valence electrons. The number of rotatable bonds is 7. The summed E-state index contributed by atoms with van der Waals surface area (Å²) < 4.78 is 0. The number of nitrogens with one attached hydrogen (secondary N) is 1. The molecule has 0 unspecified atom stereocenters. The highest BCUT2D eigenvalue weighted by molar-refractivity contribution is 7.14. The molecule has 0 saturated carbocycles. The number of nitrogens with zero attached hydrogens (tertiary/aromatic N) is 2. The molecule has 0 bridgehead atoms. The maximum absolute atomic E-state index is 12.7. The lowest BCUT2D eigenvalue weighted by Gasteiger charge is -2.21. The molecule has 2 rings (SSSR count). The number of carbonyl (C=O) groups excluding carboxylic acids is 2. The van der Waals surface area contributed by atoms with E-state index in [0.29, 0.717) is 23.5 Å². The second kappa shape index (κ2) is 8.57. The Bertz CT molecular complexity index is 832. The van der Waals surface area contributed by atoms with E-state index in [4.69, 9.17) is 0 Å². The van der Waals surface area contributed by atoms with Crippen molar-refractivity contribution in [3.05, 3.63) is 55.8 Å². The molecule has 1 aromatic heterocycles. The second-order valence-electron chi connectivity index (χ2n) is 5.90. The van der Waals surface area contributed by atoms with Crippen LogP contribution in [0.1, 0.15) is 33.5 Å². The minimum Gasteiger partial charge on any atom is -0.329 e. The summed E-state index contributed by atoms with van der Waals surface area (Å²) in [5, 5.41) is 13.8. The number of para-hydroxylation sites is 1. The fourth-order valence-electron chi connectivity index (χ4n) is 2.51. The minimum absolute atomic E-state index is 0.0702. The Kier molecular flexibility index (Phi) is 6.46. The number of hydrogen-bond acceptors (Lipinski definition) is 5. The Morgan fingerprint density at radius 1 is 1.27 bits per heavy atom. The number of anilines is 1. The Morgan fingerprint density at radius 2 is 1.96 bits per heavy atom. The largest absolute Gasteiger partial charge is 0.329 e. The van der Waals surface area contributed by atoms with Crippen LogP contribution in [0, 0.1) is 24.0 Å². The van der Waals surface area contributed by atoms with Crippen molar-refractivity contribution in [2.45, 2.75) is 27.2 Å². The molecule has 2 amide bonds. The fourth-order valence-corrected chi connectivity index (χ4v) is 3.47. The minimum atomic E-state index is -0.502. The van der Waals surface area contributed by atoms with Crippen LogP contribution in [-0.4, -0.2) is 34.7 Å². The number of thiophene rings is 1. The average molecular weight is 375 g/mol. The van der Waals surface area contributed by atoms with Gasteiger partial charge in [0.25, 0.3) is 11.6 Å². The van der Waals surface area contributed by atoms with Gasteiger partial charge in [-0.15, -0.1) is 11.3 Å². The fraction of sp³-hybridized carbons (Fsp3) is 0.333. The zero-order valence-corrected chi connectivity index (χ0v) is 15.8. The molecule has 1 heterocycles. The maximum Gasteiger partial charge on any atom is 0.283 e. The topological polar surface area (TPSA) is 92.6 Å². The molecular weight excluding hydrogens is 354 g/mol. The summed E-state index contributed by atoms with van der Waals surface area (Å²) in [4.78, 5) is 37.7. The lowest BCUT2D eigenvalue weighted by atomic mass is 10.2. The molecule has 0 radical (unpaired) electrons. The molecule has 1 aromatic carbocycles. The van der Waals surface area contributed by atoms with Gasteiger partial charge in [0.2, 0.25) is 5.91 Å². The molecule has 0 aliphatic rings. The first kappa shape index (κ1) is 19.6. The number of hydrogen-bond donors (Lipinski definition) is 1. The van der Waals surface area contributed by atoms with Crippen LogP contribution in [0.2, 0.25) is 0 Å². The van der Waals surface area contributed by atoms with E-state index in [9.17, 15) is 19.7 Å². The Morgan fingerprint density at radius 3 is 2.54 bits per heavy atom. The highest BCUT2D eigenvalue weighted by Crippen LogP contribution is 2.29. The van der Waals surface area contributed by atoms with Crippen molar-refractivity contribution >= 4 is 34.5 Å². The van der Waals surface area contributed by atoms with Gasteiger partial charge in [0.15, 0.2) is 0 Å². The normalized spacial score (nSPS) is 10.4. The molecule has 26 heavy (non-hydrogen) atoms. The highest BCUT2D eigenvalue weighted by Gasteiger charge is 2.24. The van der Waals surface area contributed by atoms with E-state index in [1.165, 1.54) is 11.0 Å². The first-order chi connectivity index (χ1) is 12.3. The van der Waals surface area contributed by atoms with Crippen LogP contribution in [0.15, 0.2) is 30.3 Å². The summed E-state index contributed by atoms with van der Waals surface area (Å²) in [6.45, 7) is 5.69. The van der Waals surface area contributed by atoms with Crippen molar-refractivity contribution in [3.63, 3.8) is 0 Å². The third-order valence-electron chi connectivity index (χ3n) is 3.83. The van der Waals surface area contributed by atoms with Gasteiger partial charge < -0.3 is 10.2 Å². The van der Waals surface area contributed by atoms with Crippen molar-refractivity contribution in [2.75, 3.05) is 18.4 Å². The van der Waals surface area contributed by atoms with E-state index < -0.39 is 4.92 Å². The van der Waals surface area contributed by atoms with Gasteiger partial charge in [-0.3, -0.25) is 19.7 Å². The molecule has 8 heteroatoms. The zero-order valence-electron chi connectivity index (χ0n) is 14.9. The monoisotopic (exact) mass is 375 g/mol. The molecule has 0 saturated heterocycles. The lowest BCUT2D eigenvalue weighted by Crippen LogP contribution is -2.38. The number of benzene rings is 1. The summed E-state index contributed by atoms with van der Waals surface area (Å²) >= 11 is 1.07. The van der Waals surface area contributed by atoms with Gasteiger partial charge >= 0.3 is 0 Å². The predicted molar refractivity (Wildman–Crippen MR) is 102 cm³/mol. The molecular formula is C18H21N3O4S. The molecule has 0 fully saturated rings. The van der Waals surface area contributed by atoms with Gasteiger partial charge in [-0.1, -0.05) is 25.1 Å². The van der Waals surface area contributed by atoms with Crippen LogP contribution in [0.25, 0.3) is 0 Å². The highest BCUT2D eigenvalue weighted by atomic mass is 32.1. The molecule has 2 aromatic rings. The van der Waals surface area contributed by atoms with Crippen LogP contribution < -0.4 is 5.32 Å². The number of aryl methyl sites for hydroxylation is 2. The SMILES string of the molecule is CCCN(CC(=O)Nc1ccccc1C)C(=O)c1cc([N+](=O)[O-])c(C)s1. The van der Waals surface area contributed by atoms with Crippen molar-refractivity contribution in [3.8, 4) is 0 Å². The molecule has 1 N–H and O–H groups in total. The third kappa shape index (κ3) is 4.66. The van der Waals surface area contributed by atoms with Gasteiger partial charge in [-0.25, -0.2) is 0 Å². The number of carbonyl (C=O) groups is 2. The van der Waals surface area contributed by atoms with E-state index in [-0.39, 0.29) is 28.9 Å².